The molecule has 2 aliphatic heterocycles. The summed E-state index contributed by atoms with van der Waals surface area (Å²) in [7, 11) is 2.10. The molecule has 178 valence electrons. The first-order chi connectivity index (χ1) is 16.6. The summed E-state index contributed by atoms with van der Waals surface area (Å²) in [6.45, 7) is 3.58. The van der Waals surface area contributed by atoms with Crippen LogP contribution in [0.1, 0.15) is 41.8 Å². The van der Waals surface area contributed by atoms with Gasteiger partial charge in [-0.1, -0.05) is 30.3 Å². The Balaban J connectivity index is 1.08. The van der Waals surface area contributed by atoms with Crippen molar-refractivity contribution in [2.75, 3.05) is 31.6 Å². The second kappa shape index (κ2) is 10.0. The second-order valence-corrected chi connectivity index (χ2v) is 9.49. The summed E-state index contributed by atoms with van der Waals surface area (Å²) in [5.74, 6) is 0.172. The van der Waals surface area contributed by atoms with Crippen LogP contribution in [0.5, 0.6) is 0 Å². The third kappa shape index (κ3) is 5.18. The van der Waals surface area contributed by atoms with Crippen molar-refractivity contribution in [2.45, 2.75) is 43.9 Å². The molecule has 2 aliphatic rings. The molecule has 6 nitrogen and oxygen atoms in total. The van der Waals surface area contributed by atoms with Gasteiger partial charge in [0.2, 0.25) is 0 Å². The molecular weight excluding hydrogens is 426 g/mol. The van der Waals surface area contributed by atoms with Crippen LogP contribution in [-0.2, 0) is 11.3 Å². The Labute approximate surface area is 201 Å². The first-order valence-electron chi connectivity index (χ1n) is 12.2. The summed E-state index contributed by atoms with van der Waals surface area (Å²) in [5.41, 5.74) is 3.69. The zero-order chi connectivity index (χ0) is 23.4. The summed E-state index contributed by atoms with van der Waals surface area (Å²) in [4.78, 5) is 16.8. The van der Waals surface area contributed by atoms with Crippen molar-refractivity contribution in [3.05, 3.63) is 84.3 Å². The fraction of sp³-hybridized carbons (Fsp3) is 0.393. The summed E-state index contributed by atoms with van der Waals surface area (Å²) in [6.07, 6.45) is 5.76. The average molecular weight is 460 g/mol. The first-order valence-corrected chi connectivity index (χ1v) is 12.2. The van der Waals surface area contributed by atoms with E-state index in [0.29, 0.717) is 12.3 Å². The van der Waals surface area contributed by atoms with E-state index in [9.17, 15) is 4.79 Å². The maximum Gasteiger partial charge on any atom is 0.287 e. The van der Waals surface area contributed by atoms with Crippen molar-refractivity contribution < 1.29 is 13.9 Å². The van der Waals surface area contributed by atoms with E-state index in [0.717, 1.165) is 45.3 Å². The normalized spacial score (nSPS) is 19.9. The molecule has 0 aliphatic carbocycles. The molecule has 0 bridgehead atoms. The number of ether oxygens (including phenoxy) is 1. The van der Waals surface area contributed by atoms with Crippen molar-refractivity contribution in [1.82, 2.24) is 10.2 Å². The van der Waals surface area contributed by atoms with Crippen LogP contribution in [0.2, 0.25) is 0 Å². The molecule has 2 saturated heterocycles. The highest BCUT2D eigenvalue weighted by Gasteiger charge is 2.42. The number of nitrogens with one attached hydrogen (secondary N) is 1. The van der Waals surface area contributed by atoms with E-state index in [4.69, 9.17) is 9.15 Å². The molecule has 1 amide bonds. The summed E-state index contributed by atoms with van der Waals surface area (Å²) in [5, 5.41) is 2.94. The number of furan rings is 1. The zero-order valence-corrected chi connectivity index (χ0v) is 19.8. The van der Waals surface area contributed by atoms with Crippen LogP contribution >= 0.6 is 0 Å². The highest BCUT2D eigenvalue weighted by molar-refractivity contribution is 5.91. The molecule has 1 spiro atoms. The SMILES string of the molecule is CN(c1ccccc1)c1ccc(CN2CCC3(CC[C@H](CNC(=O)c4ccco4)O3)CC2)cc1. The Morgan fingerprint density at radius 1 is 1.00 bits per heavy atom. The smallest absolute Gasteiger partial charge is 0.287 e. The lowest BCUT2D eigenvalue weighted by Gasteiger charge is -2.39. The minimum absolute atomic E-state index is 0.0289. The van der Waals surface area contributed by atoms with Crippen LogP contribution in [0.4, 0.5) is 11.4 Å². The van der Waals surface area contributed by atoms with Gasteiger partial charge in [-0.3, -0.25) is 9.69 Å². The average Bonchev–Trinajstić information content (AvgIpc) is 3.56. The summed E-state index contributed by atoms with van der Waals surface area (Å²) >= 11 is 0. The fourth-order valence-electron chi connectivity index (χ4n) is 5.11. The van der Waals surface area contributed by atoms with Gasteiger partial charge in [-0.25, -0.2) is 0 Å². The van der Waals surface area contributed by atoms with Gasteiger partial charge in [-0.05, 0) is 67.6 Å². The standard InChI is InChI=1S/C28H33N3O3/c1-30(23-6-3-2-4-7-23)24-11-9-22(10-12-24)21-31-17-15-28(16-18-31)14-13-25(34-28)20-29-27(32)26-8-5-19-33-26/h2-12,19,25H,13-18,20-21H2,1H3,(H,29,32)/t25-/m1/s1. The first kappa shape index (κ1) is 22.7. The number of hydrogen-bond donors (Lipinski definition) is 1. The van der Waals surface area contributed by atoms with Crippen LogP contribution in [0.3, 0.4) is 0 Å². The van der Waals surface area contributed by atoms with Crippen LogP contribution in [0.25, 0.3) is 0 Å². The molecule has 1 aromatic heterocycles. The number of benzene rings is 2. The second-order valence-electron chi connectivity index (χ2n) is 9.49. The van der Waals surface area contributed by atoms with E-state index in [-0.39, 0.29) is 17.6 Å². The zero-order valence-electron chi connectivity index (χ0n) is 19.8. The van der Waals surface area contributed by atoms with Crippen molar-refractivity contribution in [2.24, 2.45) is 0 Å². The van der Waals surface area contributed by atoms with E-state index in [2.05, 4.69) is 70.7 Å². The van der Waals surface area contributed by atoms with Crippen LogP contribution in [-0.4, -0.2) is 49.2 Å². The van der Waals surface area contributed by atoms with E-state index >= 15 is 0 Å². The van der Waals surface area contributed by atoms with E-state index in [1.165, 1.54) is 23.2 Å². The lowest BCUT2D eigenvalue weighted by molar-refractivity contribution is -0.0764. The summed E-state index contributed by atoms with van der Waals surface area (Å²) < 4.78 is 11.6. The van der Waals surface area contributed by atoms with Gasteiger partial charge in [0.15, 0.2) is 5.76 Å². The molecular formula is C28H33N3O3. The number of carbonyl (C=O) groups excluding carboxylic acids is 1. The number of carbonyl (C=O) groups is 1. The number of anilines is 2. The van der Waals surface area contributed by atoms with Gasteiger partial charge in [0.25, 0.3) is 5.91 Å². The number of hydrogen-bond acceptors (Lipinski definition) is 5. The molecule has 5 rings (SSSR count). The Morgan fingerprint density at radius 3 is 2.44 bits per heavy atom. The minimum atomic E-state index is -0.176. The predicted octanol–water partition coefficient (Wildman–Crippen LogP) is 4.99. The number of piperidine rings is 1. The van der Waals surface area contributed by atoms with Crippen molar-refractivity contribution >= 4 is 17.3 Å². The van der Waals surface area contributed by atoms with Gasteiger partial charge in [0.05, 0.1) is 18.0 Å². The van der Waals surface area contributed by atoms with Gasteiger partial charge in [0, 0.05) is 44.6 Å². The summed E-state index contributed by atoms with van der Waals surface area (Å²) in [6, 6.07) is 22.7. The van der Waals surface area contributed by atoms with Crippen LogP contribution < -0.4 is 10.2 Å². The topological polar surface area (TPSA) is 58.0 Å². The van der Waals surface area contributed by atoms with Crippen LogP contribution in [0.15, 0.2) is 77.4 Å². The molecule has 1 N–H and O–H groups in total. The predicted molar refractivity (Wildman–Crippen MR) is 133 cm³/mol. The highest BCUT2D eigenvalue weighted by Crippen LogP contribution is 2.39. The third-order valence-corrected chi connectivity index (χ3v) is 7.21. The third-order valence-electron chi connectivity index (χ3n) is 7.21. The largest absolute Gasteiger partial charge is 0.459 e. The molecule has 0 unspecified atom stereocenters. The maximum absolute atomic E-state index is 12.1. The Kier molecular flexibility index (Phi) is 6.70. The van der Waals surface area contributed by atoms with Gasteiger partial charge < -0.3 is 19.4 Å². The van der Waals surface area contributed by atoms with E-state index < -0.39 is 0 Å². The fourth-order valence-corrected chi connectivity index (χ4v) is 5.11. The Hall–Kier alpha value is -3.09. The molecule has 0 radical (unpaired) electrons. The minimum Gasteiger partial charge on any atom is -0.459 e. The van der Waals surface area contributed by atoms with Crippen molar-refractivity contribution in [1.29, 1.82) is 0 Å². The number of likely N-dealkylation sites (tertiary alicyclic amines) is 1. The quantitative estimate of drug-likeness (QED) is 0.539. The molecule has 3 heterocycles. The molecule has 2 aromatic carbocycles. The molecule has 1 atom stereocenters. The maximum atomic E-state index is 12.1. The highest BCUT2D eigenvalue weighted by atomic mass is 16.5. The lowest BCUT2D eigenvalue weighted by Crippen LogP contribution is -2.44. The monoisotopic (exact) mass is 459 g/mol. The van der Waals surface area contributed by atoms with Crippen LogP contribution in [0, 0.1) is 0 Å². The Bertz CT molecular complexity index is 1060. The number of amides is 1. The van der Waals surface area contributed by atoms with Gasteiger partial charge in [0.1, 0.15) is 0 Å². The number of rotatable bonds is 7. The number of para-hydroxylation sites is 1. The van der Waals surface area contributed by atoms with Crippen molar-refractivity contribution in [3.8, 4) is 0 Å². The van der Waals surface area contributed by atoms with Gasteiger partial charge in [-0.2, -0.15) is 0 Å². The van der Waals surface area contributed by atoms with Gasteiger partial charge in [-0.15, -0.1) is 0 Å². The lowest BCUT2D eigenvalue weighted by atomic mass is 9.88. The molecule has 6 heteroatoms. The Morgan fingerprint density at radius 2 is 1.74 bits per heavy atom. The molecule has 3 aromatic rings. The van der Waals surface area contributed by atoms with E-state index in [1.54, 1.807) is 12.1 Å². The molecule has 34 heavy (non-hydrogen) atoms. The molecule has 2 fully saturated rings. The van der Waals surface area contributed by atoms with Crippen molar-refractivity contribution in [3.63, 3.8) is 0 Å². The van der Waals surface area contributed by atoms with E-state index in [1.807, 2.05) is 6.07 Å². The van der Waals surface area contributed by atoms with Gasteiger partial charge >= 0.3 is 0 Å². The number of nitrogens with zero attached hydrogens (tertiary/aromatic N) is 2. The molecule has 0 saturated carbocycles.